The van der Waals surface area contributed by atoms with Gasteiger partial charge in [0.1, 0.15) is 0 Å². The first kappa shape index (κ1) is 13.4. The molecule has 74 valence electrons. The van der Waals surface area contributed by atoms with Crippen molar-refractivity contribution in [2.24, 2.45) is 0 Å². The Hall–Kier alpha value is 1.40. The predicted molar refractivity (Wildman–Crippen MR) is 70.4 cm³/mol. The summed E-state index contributed by atoms with van der Waals surface area (Å²) in [6.07, 6.45) is 6.93. The van der Waals surface area contributed by atoms with Gasteiger partial charge in [0.15, 0.2) is 0 Å². The van der Waals surface area contributed by atoms with E-state index in [-0.39, 0.29) is 0 Å². The van der Waals surface area contributed by atoms with Gasteiger partial charge in [-0.1, -0.05) is 35.4 Å². The highest BCUT2D eigenvalue weighted by molar-refractivity contribution is 8.80. The van der Waals surface area contributed by atoms with Gasteiger partial charge >= 0.3 is 0 Å². The van der Waals surface area contributed by atoms with Crippen LogP contribution >= 0.6 is 45.1 Å². The molecule has 0 aliphatic heterocycles. The quantitative estimate of drug-likeness (QED) is 0.474. The maximum atomic E-state index is 2.26. The van der Waals surface area contributed by atoms with Crippen LogP contribution in [0.1, 0.15) is 26.7 Å². The average molecular weight is 242 g/mol. The van der Waals surface area contributed by atoms with Gasteiger partial charge in [0.05, 0.1) is 9.16 Å². The summed E-state index contributed by atoms with van der Waals surface area (Å²) in [5, 5.41) is 0. The van der Waals surface area contributed by atoms with Crippen LogP contribution in [-0.4, -0.2) is 21.7 Å². The normalized spacial score (nSPS) is 16.0. The molecule has 0 aliphatic carbocycles. The first-order valence-electron chi connectivity index (χ1n) is 4.16. The third-order valence-electron chi connectivity index (χ3n) is 1.46. The minimum absolute atomic E-state index is 0.774. The topological polar surface area (TPSA) is 0 Å². The molecular formula is C8H18S4. The minimum Gasteiger partial charge on any atom is -0.150 e. The Bertz CT molecular complexity index is 77.1. The molecule has 4 heteroatoms. The molecule has 2 unspecified atom stereocenters. The molecular weight excluding hydrogens is 224 g/mol. The van der Waals surface area contributed by atoms with Gasteiger partial charge in [-0.3, -0.25) is 0 Å². The lowest BCUT2D eigenvalue weighted by molar-refractivity contribution is 1.06. The smallest absolute Gasteiger partial charge is 0.0601 e. The lowest BCUT2D eigenvalue weighted by atomic mass is 10.6. The molecule has 0 radical (unpaired) electrons. The summed E-state index contributed by atoms with van der Waals surface area (Å²) >= 11 is 3.93. The highest BCUT2D eigenvalue weighted by Gasteiger charge is 2.09. The summed E-state index contributed by atoms with van der Waals surface area (Å²) in [4.78, 5) is 0. The van der Waals surface area contributed by atoms with Crippen LogP contribution in [-0.2, 0) is 0 Å². The summed E-state index contributed by atoms with van der Waals surface area (Å²) in [5.74, 6) is 0. The highest BCUT2D eigenvalue weighted by Crippen LogP contribution is 2.41. The van der Waals surface area contributed by atoms with E-state index in [1.54, 1.807) is 0 Å². The Balaban J connectivity index is 3.49. The minimum atomic E-state index is 0.774. The molecule has 0 saturated heterocycles. The summed E-state index contributed by atoms with van der Waals surface area (Å²) < 4.78 is 1.55. The highest BCUT2D eigenvalue weighted by atomic mass is 33.1. The number of rotatable bonds is 7. The van der Waals surface area contributed by atoms with Crippen molar-refractivity contribution >= 4 is 45.1 Å². The molecule has 2 atom stereocenters. The number of hydrogen-bond acceptors (Lipinski definition) is 4. The van der Waals surface area contributed by atoms with E-state index in [1.807, 2.05) is 45.1 Å². The predicted octanol–water partition coefficient (Wildman–Crippen LogP) is 4.57. The fourth-order valence-corrected chi connectivity index (χ4v) is 6.28. The Kier molecular flexibility index (Phi) is 10.0. The van der Waals surface area contributed by atoms with Crippen molar-refractivity contribution in [3.8, 4) is 0 Å². The monoisotopic (exact) mass is 242 g/mol. The Morgan fingerprint density at radius 3 is 1.33 bits per heavy atom. The van der Waals surface area contributed by atoms with Crippen LogP contribution in [0.5, 0.6) is 0 Å². The van der Waals surface area contributed by atoms with Crippen LogP contribution in [0.4, 0.5) is 0 Å². The van der Waals surface area contributed by atoms with Crippen molar-refractivity contribution in [3.05, 3.63) is 0 Å². The van der Waals surface area contributed by atoms with Crippen LogP contribution in [0.25, 0.3) is 0 Å². The average Bonchev–Trinajstić information content (AvgIpc) is 2.13. The molecule has 0 fully saturated rings. The van der Waals surface area contributed by atoms with Gasteiger partial charge in [-0.05, 0) is 25.4 Å². The fourth-order valence-electron chi connectivity index (χ4n) is 0.672. The van der Waals surface area contributed by atoms with Gasteiger partial charge in [-0.25, -0.2) is 0 Å². The van der Waals surface area contributed by atoms with E-state index < -0.39 is 0 Å². The van der Waals surface area contributed by atoms with Gasteiger partial charge in [-0.2, -0.15) is 23.5 Å². The Morgan fingerprint density at radius 1 is 0.833 bits per heavy atom. The molecule has 0 nitrogen and oxygen atoms in total. The molecule has 0 rings (SSSR count). The van der Waals surface area contributed by atoms with E-state index in [1.165, 1.54) is 12.8 Å². The first-order valence-corrected chi connectivity index (χ1v) is 9.01. The Labute approximate surface area is 93.2 Å². The van der Waals surface area contributed by atoms with Gasteiger partial charge in [0.25, 0.3) is 0 Å². The van der Waals surface area contributed by atoms with E-state index in [9.17, 15) is 0 Å². The summed E-state index contributed by atoms with van der Waals surface area (Å²) in [5.41, 5.74) is 0. The number of hydrogen-bond donors (Lipinski definition) is 0. The van der Waals surface area contributed by atoms with E-state index >= 15 is 0 Å². The van der Waals surface area contributed by atoms with E-state index in [4.69, 9.17) is 0 Å². The lowest BCUT2D eigenvalue weighted by Crippen LogP contribution is -1.95. The standard InChI is InChI=1S/C8H18S4/c1-5-7(9-3)11-12-8(6-2)10-4/h7-8H,5-6H2,1-4H3. The molecule has 0 saturated carbocycles. The van der Waals surface area contributed by atoms with Crippen molar-refractivity contribution in [1.82, 2.24) is 0 Å². The van der Waals surface area contributed by atoms with Crippen molar-refractivity contribution in [3.63, 3.8) is 0 Å². The second-order valence-corrected chi connectivity index (χ2v) is 7.69. The van der Waals surface area contributed by atoms with Gasteiger partial charge in [0.2, 0.25) is 0 Å². The molecule has 0 heterocycles. The van der Waals surface area contributed by atoms with Crippen LogP contribution in [0.3, 0.4) is 0 Å². The summed E-state index contributed by atoms with van der Waals surface area (Å²) in [7, 11) is 4.08. The third kappa shape index (κ3) is 5.95. The zero-order valence-electron chi connectivity index (χ0n) is 8.20. The van der Waals surface area contributed by atoms with Gasteiger partial charge < -0.3 is 0 Å². The fraction of sp³-hybridized carbons (Fsp3) is 1.00. The van der Waals surface area contributed by atoms with Gasteiger partial charge in [-0.15, -0.1) is 0 Å². The molecule has 0 spiro atoms. The molecule has 0 amide bonds. The largest absolute Gasteiger partial charge is 0.150 e. The second kappa shape index (κ2) is 8.97. The number of thioether (sulfide) groups is 2. The van der Waals surface area contributed by atoms with Crippen LogP contribution in [0.2, 0.25) is 0 Å². The van der Waals surface area contributed by atoms with Gasteiger partial charge in [0, 0.05) is 0 Å². The van der Waals surface area contributed by atoms with E-state index in [2.05, 4.69) is 26.4 Å². The van der Waals surface area contributed by atoms with E-state index in [0.29, 0.717) is 0 Å². The van der Waals surface area contributed by atoms with Crippen molar-refractivity contribution in [2.75, 3.05) is 12.5 Å². The van der Waals surface area contributed by atoms with Crippen LogP contribution in [0, 0.1) is 0 Å². The van der Waals surface area contributed by atoms with Crippen molar-refractivity contribution in [2.45, 2.75) is 35.9 Å². The summed E-state index contributed by atoms with van der Waals surface area (Å²) in [6.45, 7) is 4.52. The van der Waals surface area contributed by atoms with Crippen molar-refractivity contribution in [1.29, 1.82) is 0 Å². The molecule has 12 heavy (non-hydrogen) atoms. The van der Waals surface area contributed by atoms with Crippen LogP contribution in [0.15, 0.2) is 0 Å². The zero-order valence-corrected chi connectivity index (χ0v) is 11.5. The second-order valence-electron chi connectivity index (χ2n) is 2.34. The third-order valence-corrected chi connectivity index (χ3v) is 8.58. The maximum absolute atomic E-state index is 2.26. The molecule has 0 bridgehead atoms. The van der Waals surface area contributed by atoms with Crippen molar-refractivity contribution < 1.29 is 0 Å². The Morgan fingerprint density at radius 2 is 1.17 bits per heavy atom. The molecule has 0 aromatic heterocycles. The first-order chi connectivity index (χ1) is 5.78. The summed E-state index contributed by atoms with van der Waals surface area (Å²) in [6, 6.07) is 0. The molecule has 0 aliphatic rings. The maximum Gasteiger partial charge on any atom is 0.0601 e. The van der Waals surface area contributed by atoms with Crippen LogP contribution < -0.4 is 0 Å². The SMILES string of the molecule is CCC(SC)SSC(CC)SC. The van der Waals surface area contributed by atoms with E-state index in [0.717, 1.165) is 9.16 Å². The molecule has 0 N–H and O–H groups in total. The zero-order chi connectivity index (χ0) is 9.40. The lowest BCUT2D eigenvalue weighted by Gasteiger charge is -2.14. The molecule has 0 aromatic carbocycles. The molecule has 0 aromatic rings.